The smallest absolute Gasteiger partial charge is 0.237 e. The third-order valence-electron chi connectivity index (χ3n) is 4.19. The Balaban J connectivity index is 2.20. The Kier molecular flexibility index (Phi) is 5.20. The van der Waals surface area contributed by atoms with E-state index in [0.717, 1.165) is 12.1 Å². The molecule has 0 aromatic heterocycles. The molecule has 1 aliphatic rings. The first kappa shape index (κ1) is 15.4. The van der Waals surface area contributed by atoms with Gasteiger partial charge in [0.1, 0.15) is 5.92 Å². The van der Waals surface area contributed by atoms with Crippen molar-refractivity contribution in [1.29, 1.82) is 0 Å². The number of hydrogen-bond acceptors (Lipinski definition) is 3. The van der Waals surface area contributed by atoms with Crippen molar-refractivity contribution in [1.82, 2.24) is 4.90 Å². The van der Waals surface area contributed by atoms with E-state index in [-0.39, 0.29) is 11.7 Å². The molecule has 1 atom stereocenters. The first-order chi connectivity index (χ1) is 10.2. The van der Waals surface area contributed by atoms with Crippen LogP contribution in [0, 0.1) is 5.92 Å². The molecule has 0 radical (unpaired) electrons. The quantitative estimate of drug-likeness (QED) is 0.364. The van der Waals surface area contributed by atoms with Gasteiger partial charge in [0.2, 0.25) is 5.91 Å². The van der Waals surface area contributed by atoms with Gasteiger partial charge in [-0.05, 0) is 31.2 Å². The molecule has 1 aliphatic carbocycles. The molecule has 21 heavy (non-hydrogen) atoms. The molecule has 1 aromatic rings. The summed E-state index contributed by atoms with van der Waals surface area (Å²) in [5, 5.41) is 12.1. The van der Waals surface area contributed by atoms with E-state index in [1.807, 2.05) is 42.2 Å². The Hall–Kier alpha value is -2.04. The van der Waals surface area contributed by atoms with Crippen LogP contribution in [-0.4, -0.2) is 34.9 Å². The molecule has 1 saturated carbocycles. The largest absolute Gasteiger partial charge is 0.409 e. The molecule has 3 N–H and O–H groups in total. The number of carbonyl (C=O) groups is 1. The van der Waals surface area contributed by atoms with Crippen LogP contribution in [0.2, 0.25) is 0 Å². The maximum atomic E-state index is 12.8. The summed E-state index contributed by atoms with van der Waals surface area (Å²) in [6, 6.07) is 9.24. The zero-order valence-corrected chi connectivity index (χ0v) is 12.4. The molecular weight excluding hydrogens is 266 g/mol. The van der Waals surface area contributed by atoms with Gasteiger partial charge in [0.15, 0.2) is 5.84 Å². The van der Waals surface area contributed by atoms with Gasteiger partial charge >= 0.3 is 0 Å². The summed E-state index contributed by atoms with van der Waals surface area (Å²) in [7, 11) is 0. The topological polar surface area (TPSA) is 78.9 Å². The zero-order chi connectivity index (χ0) is 15.2. The van der Waals surface area contributed by atoms with Crippen molar-refractivity contribution in [3.8, 4) is 0 Å². The first-order valence-corrected chi connectivity index (χ1v) is 7.48. The van der Waals surface area contributed by atoms with Gasteiger partial charge in [-0.2, -0.15) is 0 Å². The van der Waals surface area contributed by atoms with Gasteiger partial charge in [-0.25, -0.2) is 0 Å². The molecule has 0 spiro atoms. The summed E-state index contributed by atoms with van der Waals surface area (Å²) >= 11 is 0. The molecule has 2 rings (SSSR count). The highest BCUT2D eigenvalue weighted by atomic mass is 16.4. The lowest BCUT2D eigenvalue weighted by Gasteiger charge is -2.33. The fourth-order valence-electron chi connectivity index (χ4n) is 2.69. The highest BCUT2D eigenvalue weighted by Gasteiger charge is 2.31. The number of amidine groups is 1. The van der Waals surface area contributed by atoms with E-state index in [1.165, 1.54) is 19.3 Å². The molecule has 1 amide bonds. The molecule has 5 heteroatoms. The highest BCUT2D eigenvalue weighted by molar-refractivity contribution is 6.07. The van der Waals surface area contributed by atoms with E-state index in [1.54, 1.807) is 0 Å². The lowest BCUT2D eigenvalue weighted by molar-refractivity contribution is -0.132. The van der Waals surface area contributed by atoms with Crippen LogP contribution in [0.3, 0.4) is 0 Å². The van der Waals surface area contributed by atoms with Crippen molar-refractivity contribution in [2.75, 3.05) is 13.1 Å². The van der Waals surface area contributed by atoms with E-state index < -0.39 is 5.92 Å². The average Bonchev–Trinajstić information content (AvgIpc) is 2.47. The van der Waals surface area contributed by atoms with Crippen LogP contribution in [0.25, 0.3) is 0 Å². The van der Waals surface area contributed by atoms with Gasteiger partial charge in [-0.15, -0.1) is 0 Å². The second kappa shape index (κ2) is 7.11. The number of benzene rings is 1. The number of oxime groups is 1. The van der Waals surface area contributed by atoms with Crippen LogP contribution in [0.15, 0.2) is 35.5 Å². The standard InChI is InChI=1S/C16H23N3O2/c1-2-19(11-12-7-6-8-12)16(20)14(15(17)18-21)13-9-4-3-5-10-13/h3-5,9-10,12,14,21H,2,6-8,11H2,1H3,(H2,17,18). The summed E-state index contributed by atoms with van der Waals surface area (Å²) in [5.41, 5.74) is 6.53. The van der Waals surface area contributed by atoms with Crippen LogP contribution in [0.4, 0.5) is 0 Å². The van der Waals surface area contributed by atoms with Crippen LogP contribution < -0.4 is 5.73 Å². The highest BCUT2D eigenvalue weighted by Crippen LogP contribution is 2.28. The second-order valence-electron chi connectivity index (χ2n) is 5.54. The van der Waals surface area contributed by atoms with Gasteiger partial charge in [0.05, 0.1) is 0 Å². The van der Waals surface area contributed by atoms with Crippen LogP contribution in [-0.2, 0) is 4.79 Å². The monoisotopic (exact) mass is 289 g/mol. The van der Waals surface area contributed by atoms with Crippen LogP contribution in [0.1, 0.15) is 37.7 Å². The predicted octanol–water partition coefficient (Wildman–Crippen LogP) is 2.17. The maximum Gasteiger partial charge on any atom is 0.237 e. The van der Waals surface area contributed by atoms with Crippen molar-refractivity contribution in [3.63, 3.8) is 0 Å². The third-order valence-corrected chi connectivity index (χ3v) is 4.19. The van der Waals surface area contributed by atoms with Crippen molar-refractivity contribution in [2.24, 2.45) is 16.8 Å². The molecule has 0 heterocycles. The zero-order valence-electron chi connectivity index (χ0n) is 12.4. The van der Waals surface area contributed by atoms with Crippen LogP contribution >= 0.6 is 0 Å². The number of rotatable bonds is 6. The summed E-state index contributed by atoms with van der Waals surface area (Å²) < 4.78 is 0. The molecule has 114 valence electrons. The third kappa shape index (κ3) is 3.54. The maximum absolute atomic E-state index is 12.8. The van der Waals surface area contributed by atoms with E-state index in [2.05, 4.69) is 5.16 Å². The Morgan fingerprint density at radius 1 is 1.43 bits per heavy atom. The normalized spacial score (nSPS) is 17.1. The molecule has 1 unspecified atom stereocenters. The molecule has 5 nitrogen and oxygen atoms in total. The van der Waals surface area contributed by atoms with E-state index in [0.29, 0.717) is 12.5 Å². The van der Waals surface area contributed by atoms with Crippen molar-refractivity contribution < 1.29 is 10.0 Å². The number of hydrogen-bond donors (Lipinski definition) is 2. The van der Waals surface area contributed by atoms with Crippen molar-refractivity contribution in [3.05, 3.63) is 35.9 Å². The Bertz CT molecular complexity index is 498. The minimum Gasteiger partial charge on any atom is -0.409 e. The molecule has 0 saturated heterocycles. The molecule has 0 bridgehead atoms. The number of amides is 1. The molecule has 1 aromatic carbocycles. The fraction of sp³-hybridized carbons (Fsp3) is 0.500. The minimum absolute atomic E-state index is 0.0572. The lowest BCUT2D eigenvalue weighted by Crippen LogP contribution is -2.43. The number of nitrogens with two attached hydrogens (primary N) is 1. The van der Waals surface area contributed by atoms with Gasteiger partial charge < -0.3 is 15.8 Å². The summed E-state index contributed by atoms with van der Waals surface area (Å²) in [6.07, 6.45) is 3.62. The lowest BCUT2D eigenvalue weighted by atomic mass is 9.84. The average molecular weight is 289 g/mol. The Morgan fingerprint density at radius 3 is 2.57 bits per heavy atom. The number of carbonyl (C=O) groups excluding carboxylic acids is 1. The predicted molar refractivity (Wildman–Crippen MR) is 82.2 cm³/mol. The van der Waals surface area contributed by atoms with Crippen LogP contribution in [0.5, 0.6) is 0 Å². The van der Waals surface area contributed by atoms with Crippen molar-refractivity contribution >= 4 is 11.7 Å². The molecule has 0 aliphatic heterocycles. The number of likely N-dealkylation sites (N-methyl/N-ethyl adjacent to an activating group) is 1. The Labute approximate surface area is 125 Å². The minimum atomic E-state index is -0.712. The summed E-state index contributed by atoms with van der Waals surface area (Å²) in [5.74, 6) is -0.266. The van der Waals surface area contributed by atoms with Gasteiger partial charge in [0.25, 0.3) is 0 Å². The molecule has 1 fully saturated rings. The Morgan fingerprint density at radius 2 is 2.10 bits per heavy atom. The SMILES string of the molecule is CCN(CC1CCC1)C(=O)C(/C(N)=N/O)c1ccccc1. The van der Waals surface area contributed by atoms with Gasteiger partial charge in [0, 0.05) is 13.1 Å². The van der Waals surface area contributed by atoms with E-state index in [9.17, 15) is 4.79 Å². The fourth-order valence-corrected chi connectivity index (χ4v) is 2.69. The van der Waals surface area contributed by atoms with E-state index >= 15 is 0 Å². The van der Waals surface area contributed by atoms with Gasteiger partial charge in [-0.3, -0.25) is 4.79 Å². The van der Waals surface area contributed by atoms with E-state index in [4.69, 9.17) is 10.9 Å². The van der Waals surface area contributed by atoms with Gasteiger partial charge in [-0.1, -0.05) is 41.9 Å². The molecular formula is C16H23N3O2. The first-order valence-electron chi connectivity index (χ1n) is 7.48. The summed E-state index contributed by atoms with van der Waals surface area (Å²) in [4.78, 5) is 14.6. The number of nitrogens with zero attached hydrogens (tertiary/aromatic N) is 2. The summed E-state index contributed by atoms with van der Waals surface area (Å²) in [6.45, 7) is 3.36. The second-order valence-corrected chi connectivity index (χ2v) is 5.54. The van der Waals surface area contributed by atoms with Crippen molar-refractivity contribution in [2.45, 2.75) is 32.1 Å².